The van der Waals surface area contributed by atoms with Gasteiger partial charge in [-0.3, -0.25) is 9.69 Å². The highest BCUT2D eigenvalue weighted by Gasteiger charge is 2.44. The van der Waals surface area contributed by atoms with Crippen molar-refractivity contribution >= 4 is 11.8 Å². The largest absolute Gasteiger partial charge is 0.494 e. The van der Waals surface area contributed by atoms with Crippen molar-refractivity contribution in [2.45, 2.75) is 58.0 Å². The lowest BCUT2D eigenvalue weighted by molar-refractivity contribution is -0.133. The monoisotopic (exact) mass is 333 g/mol. The fourth-order valence-electron chi connectivity index (χ4n) is 3.77. The van der Waals surface area contributed by atoms with E-state index in [-0.39, 0.29) is 16.6 Å². The number of ether oxygens (including phenoxy) is 1. The van der Waals surface area contributed by atoms with Crippen molar-refractivity contribution in [1.29, 1.82) is 0 Å². The van der Waals surface area contributed by atoms with Gasteiger partial charge in [0.05, 0.1) is 12.2 Å². The predicted molar refractivity (Wildman–Crippen MR) is 92.6 cm³/mol. The Morgan fingerprint density at radius 1 is 1.21 bits per heavy atom. The van der Waals surface area contributed by atoms with Crippen LogP contribution in [0.5, 0.6) is 5.75 Å². The number of aromatic carboxylic acids is 1. The minimum absolute atomic E-state index is 0.151. The molecule has 24 heavy (non-hydrogen) atoms. The highest BCUT2D eigenvalue weighted by molar-refractivity contribution is 5.88. The lowest BCUT2D eigenvalue weighted by Crippen LogP contribution is -2.61. The fourth-order valence-corrected chi connectivity index (χ4v) is 3.77. The minimum Gasteiger partial charge on any atom is -0.494 e. The maximum atomic E-state index is 11.9. The van der Waals surface area contributed by atoms with Crippen LogP contribution >= 0.6 is 0 Å². The molecule has 2 rings (SSSR count). The van der Waals surface area contributed by atoms with Gasteiger partial charge >= 0.3 is 5.97 Å². The van der Waals surface area contributed by atoms with Crippen LogP contribution in [0.1, 0.15) is 57.3 Å². The maximum absolute atomic E-state index is 11.9. The topological polar surface area (TPSA) is 66.8 Å². The van der Waals surface area contributed by atoms with E-state index in [9.17, 15) is 9.59 Å². The van der Waals surface area contributed by atoms with Gasteiger partial charge in [-0.2, -0.15) is 0 Å². The number of benzene rings is 1. The average molecular weight is 333 g/mol. The van der Waals surface area contributed by atoms with Crippen molar-refractivity contribution < 1.29 is 19.4 Å². The van der Waals surface area contributed by atoms with E-state index in [4.69, 9.17) is 9.84 Å². The van der Waals surface area contributed by atoms with Crippen LogP contribution in [0.3, 0.4) is 0 Å². The summed E-state index contributed by atoms with van der Waals surface area (Å²) in [4.78, 5) is 25.3. The number of carbonyl (C=O) groups excluding carboxylic acids is 1. The van der Waals surface area contributed by atoms with E-state index < -0.39 is 5.97 Å². The molecule has 0 atom stereocenters. The molecular weight excluding hydrogens is 306 g/mol. The zero-order valence-corrected chi connectivity index (χ0v) is 15.0. The Kier molecular flexibility index (Phi) is 5.33. The molecule has 0 aliphatic carbocycles. The predicted octanol–water partition coefficient (Wildman–Crippen LogP) is 3.38. The number of hydrogen-bond donors (Lipinski definition) is 1. The van der Waals surface area contributed by atoms with Gasteiger partial charge in [-0.05, 0) is 52.3 Å². The standard InChI is InChI=1S/C19H27NO4/c1-18(2)12-15(21)13-19(3,4)20(18)9-6-10-24-16-8-5-7-14(11-16)17(22)23/h5,7-8,11H,6,9-10,12-13H2,1-4H3,(H,22,23). The lowest BCUT2D eigenvalue weighted by Gasteiger charge is -2.52. The van der Waals surface area contributed by atoms with Crippen LogP contribution in [0.4, 0.5) is 0 Å². The molecule has 5 heteroatoms. The number of carbonyl (C=O) groups is 2. The van der Waals surface area contributed by atoms with E-state index in [1.165, 1.54) is 6.07 Å². The van der Waals surface area contributed by atoms with Crippen LogP contribution in [0, 0.1) is 0 Å². The number of carboxylic acid groups (broad SMARTS) is 1. The smallest absolute Gasteiger partial charge is 0.335 e. The Labute approximate surface area is 143 Å². The second-order valence-corrected chi connectivity index (χ2v) is 7.70. The number of rotatable bonds is 6. The van der Waals surface area contributed by atoms with Crippen LogP contribution in [-0.4, -0.2) is 46.0 Å². The van der Waals surface area contributed by atoms with Gasteiger partial charge in [-0.1, -0.05) is 6.07 Å². The second-order valence-electron chi connectivity index (χ2n) is 7.70. The van der Waals surface area contributed by atoms with Gasteiger partial charge < -0.3 is 9.84 Å². The second kappa shape index (κ2) is 6.93. The van der Waals surface area contributed by atoms with Crippen LogP contribution < -0.4 is 4.74 Å². The van der Waals surface area contributed by atoms with Crippen molar-refractivity contribution in [2.75, 3.05) is 13.2 Å². The Bertz CT molecular complexity index is 602. The van der Waals surface area contributed by atoms with E-state index in [2.05, 4.69) is 32.6 Å². The maximum Gasteiger partial charge on any atom is 0.335 e. The number of nitrogens with zero attached hydrogens (tertiary/aromatic N) is 1. The molecule has 1 N–H and O–H groups in total. The van der Waals surface area contributed by atoms with Gasteiger partial charge in [0.2, 0.25) is 0 Å². The molecule has 1 aromatic carbocycles. The summed E-state index contributed by atoms with van der Waals surface area (Å²) >= 11 is 0. The van der Waals surface area contributed by atoms with Crippen molar-refractivity contribution in [3.63, 3.8) is 0 Å². The van der Waals surface area contributed by atoms with Crippen molar-refractivity contribution in [3.8, 4) is 5.75 Å². The van der Waals surface area contributed by atoms with E-state index in [0.29, 0.717) is 31.0 Å². The molecule has 1 saturated heterocycles. The summed E-state index contributed by atoms with van der Waals surface area (Å²) in [5.74, 6) is -0.0628. The van der Waals surface area contributed by atoms with Gasteiger partial charge in [0, 0.05) is 30.5 Å². The summed E-state index contributed by atoms with van der Waals surface area (Å²) < 4.78 is 5.69. The molecule has 0 unspecified atom stereocenters. The third-order valence-corrected chi connectivity index (χ3v) is 4.60. The molecule has 0 saturated carbocycles. The summed E-state index contributed by atoms with van der Waals surface area (Å²) in [6.07, 6.45) is 1.98. The summed E-state index contributed by atoms with van der Waals surface area (Å²) in [6.45, 7) is 9.81. The Balaban J connectivity index is 1.90. The summed E-state index contributed by atoms with van der Waals surface area (Å²) in [6, 6.07) is 6.53. The Morgan fingerprint density at radius 3 is 2.42 bits per heavy atom. The van der Waals surface area contributed by atoms with E-state index >= 15 is 0 Å². The van der Waals surface area contributed by atoms with E-state index in [1.807, 2.05) is 0 Å². The number of piperidine rings is 1. The quantitative estimate of drug-likeness (QED) is 0.809. The first kappa shape index (κ1) is 18.5. The molecule has 0 spiro atoms. The molecule has 132 valence electrons. The van der Waals surface area contributed by atoms with Crippen molar-refractivity contribution in [1.82, 2.24) is 4.90 Å². The molecule has 1 aliphatic heterocycles. The highest BCUT2D eigenvalue weighted by Crippen LogP contribution is 2.36. The van der Waals surface area contributed by atoms with Crippen molar-refractivity contribution in [3.05, 3.63) is 29.8 Å². The zero-order valence-electron chi connectivity index (χ0n) is 15.0. The van der Waals surface area contributed by atoms with Crippen LogP contribution in [0.2, 0.25) is 0 Å². The first-order valence-corrected chi connectivity index (χ1v) is 8.37. The third-order valence-electron chi connectivity index (χ3n) is 4.60. The Hall–Kier alpha value is -1.88. The molecule has 0 aromatic heterocycles. The highest BCUT2D eigenvalue weighted by atomic mass is 16.5. The number of likely N-dealkylation sites (tertiary alicyclic amines) is 1. The van der Waals surface area contributed by atoms with E-state index in [1.54, 1.807) is 18.2 Å². The van der Waals surface area contributed by atoms with Gasteiger partial charge in [0.1, 0.15) is 11.5 Å². The van der Waals surface area contributed by atoms with Gasteiger partial charge in [0.15, 0.2) is 0 Å². The fraction of sp³-hybridized carbons (Fsp3) is 0.579. The summed E-state index contributed by atoms with van der Waals surface area (Å²) in [5, 5.41) is 9.00. The minimum atomic E-state index is -0.957. The number of carboxylic acids is 1. The molecule has 0 radical (unpaired) electrons. The molecule has 0 bridgehead atoms. The van der Waals surface area contributed by atoms with Gasteiger partial charge in [0.25, 0.3) is 0 Å². The summed E-state index contributed by atoms with van der Waals surface area (Å²) in [7, 11) is 0. The molecule has 0 amide bonds. The van der Waals surface area contributed by atoms with Crippen LogP contribution in [0.15, 0.2) is 24.3 Å². The molecule has 1 aliphatic rings. The van der Waals surface area contributed by atoms with Gasteiger partial charge in [-0.25, -0.2) is 4.79 Å². The molecule has 5 nitrogen and oxygen atoms in total. The number of hydrogen-bond acceptors (Lipinski definition) is 4. The van der Waals surface area contributed by atoms with E-state index in [0.717, 1.165) is 13.0 Å². The van der Waals surface area contributed by atoms with Crippen molar-refractivity contribution in [2.24, 2.45) is 0 Å². The SMILES string of the molecule is CC1(C)CC(=O)CC(C)(C)N1CCCOc1cccc(C(=O)O)c1. The normalized spacial score (nSPS) is 19.9. The molecule has 1 fully saturated rings. The Morgan fingerprint density at radius 2 is 1.83 bits per heavy atom. The first-order chi connectivity index (χ1) is 11.1. The molecule has 1 heterocycles. The van der Waals surface area contributed by atoms with Gasteiger partial charge in [-0.15, -0.1) is 0 Å². The average Bonchev–Trinajstić information content (AvgIpc) is 2.44. The first-order valence-electron chi connectivity index (χ1n) is 8.37. The molecular formula is C19H27NO4. The lowest BCUT2D eigenvalue weighted by atomic mass is 9.79. The molecule has 1 aromatic rings. The zero-order chi connectivity index (χ0) is 18.0. The third kappa shape index (κ3) is 4.35. The summed E-state index contributed by atoms with van der Waals surface area (Å²) in [5.41, 5.74) is -0.0753. The number of ketones is 1. The number of Topliss-reactive ketones (excluding diaryl/α,β-unsaturated/α-hetero) is 1. The van der Waals surface area contributed by atoms with Crippen LogP contribution in [-0.2, 0) is 4.79 Å². The van der Waals surface area contributed by atoms with Crippen LogP contribution in [0.25, 0.3) is 0 Å².